The molecule has 4 heterocycles. The SMILES string of the molecule is O=[N+]([O-])c1ccc(OCc2ccc(-c3nc4c5c6c(sc5ncn4n3)CCCC6)o2)cc1. The van der Waals surface area contributed by atoms with E-state index in [1.54, 1.807) is 34.3 Å². The van der Waals surface area contributed by atoms with Crippen LogP contribution in [0, 0.1) is 10.1 Å². The molecule has 0 unspecified atom stereocenters. The molecule has 1 aliphatic rings. The van der Waals surface area contributed by atoms with Gasteiger partial charge in [0.1, 0.15) is 29.3 Å². The van der Waals surface area contributed by atoms with Gasteiger partial charge in [0.2, 0.25) is 5.82 Å². The molecule has 0 fully saturated rings. The summed E-state index contributed by atoms with van der Waals surface area (Å²) in [6.07, 6.45) is 6.30. The zero-order chi connectivity index (χ0) is 21.7. The number of hydrogen-bond donors (Lipinski definition) is 0. The van der Waals surface area contributed by atoms with Crippen LogP contribution < -0.4 is 4.74 Å². The zero-order valence-corrected chi connectivity index (χ0v) is 17.7. The Kier molecular flexibility index (Phi) is 4.39. The first-order valence-corrected chi connectivity index (χ1v) is 11.1. The number of nitro groups is 1. The molecule has 5 aromatic rings. The molecule has 0 saturated carbocycles. The van der Waals surface area contributed by atoms with Crippen molar-refractivity contribution >= 4 is 32.9 Å². The van der Waals surface area contributed by atoms with Crippen molar-refractivity contribution in [2.45, 2.75) is 32.3 Å². The third-order valence-corrected chi connectivity index (χ3v) is 6.80. The summed E-state index contributed by atoms with van der Waals surface area (Å²) in [7, 11) is 0. The van der Waals surface area contributed by atoms with E-state index in [-0.39, 0.29) is 12.3 Å². The van der Waals surface area contributed by atoms with Gasteiger partial charge in [0, 0.05) is 17.0 Å². The highest BCUT2D eigenvalue weighted by molar-refractivity contribution is 7.19. The van der Waals surface area contributed by atoms with Gasteiger partial charge in [0.05, 0.1) is 10.3 Å². The molecule has 0 spiro atoms. The number of hydrogen-bond acceptors (Lipinski definition) is 8. The molecule has 160 valence electrons. The van der Waals surface area contributed by atoms with Crippen molar-refractivity contribution in [2.24, 2.45) is 0 Å². The molecule has 0 radical (unpaired) electrons. The Labute approximate surface area is 185 Å². The summed E-state index contributed by atoms with van der Waals surface area (Å²) in [6, 6.07) is 9.56. The standard InChI is InChI=1S/C22H17N5O4S/c28-27(29)13-5-7-14(8-6-13)30-11-15-9-10-17(31-15)20-24-21-19-16-3-1-2-4-18(16)32-22(19)23-12-26(21)25-20/h5-10,12H,1-4,11H2. The fourth-order valence-electron chi connectivity index (χ4n) is 4.05. The normalized spacial score (nSPS) is 13.5. The minimum Gasteiger partial charge on any atom is -0.486 e. The van der Waals surface area contributed by atoms with E-state index in [9.17, 15) is 10.1 Å². The summed E-state index contributed by atoms with van der Waals surface area (Å²) in [6.45, 7) is 0.190. The van der Waals surface area contributed by atoms with Crippen LogP contribution in [0.4, 0.5) is 5.69 Å². The second kappa shape index (κ2) is 7.41. The Morgan fingerprint density at radius 1 is 1.16 bits per heavy atom. The zero-order valence-electron chi connectivity index (χ0n) is 16.9. The molecule has 6 rings (SSSR count). The molecule has 1 aliphatic carbocycles. The van der Waals surface area contributed by atoms with Gasteiger partial charge >= 0.3 is 0 Å². The maximum Gasteiger partial charge on any atom is 0.269 e. The molecule has 32 heavy (non-hydrogen) atoms. The van der Waals surface area contributed by atoms with Crippen molar-refractivity contribution in [2.75, 3.05) is 0 Å². The molecule has 10 heteroatoms. The molecular weight excluding hydrogens is 430 g/mol. The van der Waals surface area contributed by atoms with Gasteiger partial charge in [-0.05, 0) is 55.5 Å². The van der Waals surface area contributed by atoms with E-state index < -0.39 is 4.92 Å². The predicted octanol–water partition coefficient (Wildman–Crippen LogP) is 4.97. The van der Waals surface area contributed by atoms with Crippen LogP contribution in [0.25, 0.3) is 27.4 Å². The van der Waals surface area contributed by atoms with Crippen molar-refractivity contribution in [1.82, 2.24) is 19.6 Å². The van der Waals surface area contributed by atoms with Crippen molar-refractivity contribution < 1.29 is 14.1 Å². The topological polar surface area (TPSA) is 109 Å². The van der Waals surface area contributed by atoms with E-state index in [1.807, 2.05) is 12.1 Å². The number of nitro benzene ring substituents is 1. The molecule has 4 aromatic heterocycles. The van der Waals surface area contributed by atoms with E-state index in [4.69, 9.17) is 14.1 Å². The third-order valence-electron chi connectivity index (χ3n) is 5.60. The van der Waals surface area contributed by atoms with Gasteiger partial charge in [-0.3, -0.25) is 10.1 Å². The molecule has 0 aliphatic heterocycles. The number of non-ortho nitro benzene ring substituents is 1. The van der Waals surface area contributed by atoms with Gasteiger partial charge in [-0.2, -0.15) is 0 Å². The number of aromatic nitrogens is 4. The summed E-state index contributed by atoms with van der Waals surface area (Å²) in [4.78, 5) is 22.1. The lowest BCUT2D eigenvalue weighted by molar-refractivity contribution is -0.384. The third kappa shape index (κ3) is 3.19. The number of furan rings is 1. The Morgan fingerprint density at radius 3 is 2.84 bits per heavy atom. The van der Waals surface area contributed by atoms with Crippen LogP contribution in [0.3, 0.4) is 0 Å². The number of fused-ring (bicyclic) bond motifs is 5. The minimum atomic E-state index is -0.445. The van der Waals surface area contributed by atoms with Gasteiger partial charge in [-0.1, -0.05) is 0 Å². The van der Waals surface area contributed by atoms with Crippen molar-refractivity contribution in [3.63, 3.8) is 0 Å². The van der Waals surface area contributed by atoms with Gasteiger partial charge in [0.15, 0.2) is 11.4 Å². The molecule has 0 amide bonds. The average molecular weight is 447 g/mol. The van der Waals surface area contributed by atoms with Crippen LogP contribution in [0.1, 0.15) is 29.0 Å². The largest absolute Gasteiger partial charge is 0.486 e. The number of nitrogens with zero attached hydrogens (tertiary/aromatic N) is 5. The maximum atomic E-state index is 10.8. The van der Waals surface area contributed by atoms with E-state index in [1.165, 1.54) is 35.4 Å². The number of rotatable bonds is 5. The Hall–Kier alpha value is -3.79. The molecule has 1 aromatic carbocycles. The molecule has 9 nitrogen and oxygen atoms in total. The second-order valence-electron chi connectivity index (χ2n) is 7.64. The first-order chi connectivity index (χ1) is 15.7. The Bertz CT molecular complexity index is 1470. The van der Waals surface area contributed by atoms with Crippen molar-refractivity contribution in [3.8, 4) is 17.3 Å². The molecule has 0 bridgehead atoms. The van der Waals surface area contributed by atoms with Crippen LogP contribution in [0.15, 0.2) is 47.1 Å². The summed E-state index contributed by atoms with van der Waals surface area (Å²) in [5.41, 5.74) is 2.19. The Balaban J connectivity index is 1.26. The monoisotopic (exact) mass is 447 g/mol. The second-order valence-corrected chi connectivity index (χ2v) is 8.73. The quantitative estimate of drug-likeness (QED) is 0.276. The van der Waals surface area contributed by atoms with Gasteiger partial charge in [0.25, 0.3) is 5.69 Å². The highest BCUT2D eigenvalue weighted by atomic mass is 32.1. The average Bonchev–Trinajstić information content (AvgIpc) is 3.53. The van der Waals surface area contributed by atoms with E-state index in [2.05, 4.69) is 10.1 Å². The molecule has 0 N–H and O–H groups in total. The van der Waals surface area contributed by atoms with E-state index in [0.29, 0.717) is 23.1 Å². The Morgan fingerprint density at radius 2 is 2.00 bits per heavy atom. The first-order valence-electron chi connectivity index (χ1n) is 10.3. The lowest BCUT2D eigenvalue weighted by atomic mass is 9.97. The predicted molar refractivity (Wildman–Crippen MR) is 118 cm³/mol. The number of ether oxygens (including phenoxy) is 1. The fraction of sp³-hybridized carbons (Fsp3) is 0.227. The summed E-state index contributed by atoms with van der Waals surface area (Å²) in [5.74, 6) is 2.17. The van der Waals surface area contributed by atoms with Gasteiger partial charge in [-0.15, -0.1) is 16.4 Å². The maximum absolute atomic E-state index is 10.8. The lowest BCUT2D eigenvalue weighted by Crippen LogP contribution is -1.99. The fourth-order valence-corrected chi connectivity index (χ4v) is 5.28. The van der Waals surface area contributed by atoms with Crippen LogP contribution in [0.5, 0.6) is 5.75 Å². The van der Waals surface area contributed by atoms with Crippen LogP contribution in [-0.4, -0.2) is 24.5 Å². The highest BCUT2D eigenvalue weighted by Crippen LogP contribution is 2.37. The molecular formula is C22H17N5O4S. The van der Waals surface area contributed by atoms with Crippen LogP contribution >= 0.6 is 11.3 Å². The molecule has 0 atom stereocenters. The van der Waals surface area contributed by atoms with Gasteiger partial charge in [-0.25, -0.2) is 14.5 Å². The first kappa shape index (κ1) is 18.9. The summed E-state index contributed by atoms with van der Waals surface area (Å²) in [5, 5.41) is 16.4. The summed E-state index contributed by atoms with van der Waals surface area (Å²) < 4.78 is 13.3. The number of benzene rings is 1. The van der Waals surface area contributed by atoms with Crippen LogP contribution in [-0.2, 0) is 19.4 Å². The smallest absolute Gasteiger partial charge is 0.269 e. The number of aryl methyl sites for hydroxylation is 2. The number of thiophene rings is 1. The van der Waals surface area contributed by atoms with E-state index in [0.717, 1.165) is 28.7 Å². The molecule has 0 saturated heterocycles. The van der Waals surface area contributed by atoms with Crippen LogP contribution in [0.2, 0.25) is 0 Å². The van der Waals surface area contributed by atoms with Gasteiger partial charge < -0.3 is 9.15 Å². The highest BCUT2D eigenvalue weighted by Gasteiger charge is 2.21. The van der Waals surface area contributed by atoms with Crippen molar-refractivity contribution in [3.05, 3.63) is 69.0 Å². The lowest BCUT2D eigenvalue weighted by Gasteiger charge is -2.09. The minimum absolute atomic E-state index is 0.0195. The van der Waals surface area contributed by atoms with Crippen molar-refractivity contribution in [1.29, 1.82) is 0 Å². The van der Waals surface area contributed by atoms with E-state index >= 15 is 0 Å². The summed E-state index contributed by atoms with van der Waals surface area (Å²) >= 11 is 1.76.